The fourth-order valence-corrected chi connectivity index (χ4v) is 8.90. The second-order valence-corrected chi connectivity index (χ2v) is 16.2. The van der Waals surface area contributed by atoms with E-state index in [-0.39, 0.29) is 23.0 Å². The van der Waals surface area contributed by atoms with Gasteiger partial charge in [0.1, 0.15) is 0 Å². The Morgan fingerprint density at radius 2 is 1.13 bits per heavy atom. The number of carbonyl (C=O) groups excluding carboxylic acids is 2. The molecule has 10 nitrogen and oxygen atoms in total. The molecule has 3 aromatic rings. The third kappa shape index (κ3) is 11.2. The highest BCUT2D eigenvalue weighted by atomic mass is 16.5. The van der Waals surface area contributed by atoms with Crippen molar-refractivity contribution in [3.63, 3.8) is 0 Å². The smallest absolute Gasteiger partial charge is 0.228 e. The summed E-state index contributed by atoms with van der Waals surface area (Å²) in [5, 5.41) is 0. The molecular weight excluding hydrogens is 691 g/mol. The number of ether oxygens (including phenoxy) is 3. The fraction of sp³-hybridized carbons (Fsp3) is 0.578. The van der Waals surface area contributed by atoms with E-state index in [1.807, 2.05) is 23.1 Å². The maximum Gasteiger partial charge on any atom is 0.228 e. The molecule has 5 fully saturated rings. The number of nitrogens with zero attached hydrogens (tertiary/aromatic N) is 5. The Balaban J connectivity index is 0.000000169. The van der Waals surface area contributed by atoms with E-state index >= 15 is 0 Å². The van der Waals surface area contributed by atoms with Crippen LogP contribution < -0.4 is 0 Å². The first-order valence-electron chi connectivity index (χ1n) is 20.8. The zero-order valence-electron chi connectivity index (χ0n) is 32.7. The number of morpholine rings is 2. The zero-order valence-corrected chi connectivity index (χ0v) is 32.7. The normalized spacial score (nSPS) is 21.9. The molecule has 5 aliphatic rings. The Labute approximate surface area is 328 Å². The van der Waals surface area contributed by atoms with E-state index in [2.05, 4.69) is 80.3 Å². The average molecular weight is 752 g/mol. The average Bonchev–Trinajstić information content (AvgIpc) is 3.25. The van der Waals surface area contributed by atoms with Gasteiger partial charge in [0.25, 0.3) is 0 Å². The van der Waals surface area contributed by atoms with Crippen LogP contribution in [-0.2, 0) is 43.1 Å². The van der Waals surface area contributed by atoms with Crippen molar-refractivity contribution in [2.24, 2.45) is 5.92 Å². The first kappa shape index (κ1) is 39.6. The van der Waals surface area contributed by atoms with E-state index < -0.39 is 0 Å². The number of hydrogen-bond acceptors (Lipinski definition) is 8. The van der Waals surface area contributed by atoms with Crippen molar-refractivity contribution in [1.29, 1.82) is 0 Å². The predicted molar refractivity (Wildman–Crippen MR) is 214 cm³/mol. The SMILES string of the molecule is O=C(C1CCOCC1)N1CCOC2(CCN(CCc3ccccc3)CC2)C1.O=C(Cc1ccccn1)N1CCOC2(CCN(CCc3ccccc3)CC2)C1. The second kappa shape index (κ2) is 19.5. The topological polar surface area (TPSA) is 87.7 Å². The zero-order chi connectivity index (χ0) is 37.8. The summed E-state index contributed by atoms with van der Waals surface area (Å²) < 4.78 is 17.9. The van der Waals surface area contributed by atoms with E-state index in [9.17, 15) is 9.59 Å². The Kier molecular flexibility index (Phi) is 14.0. The lowest BCUT2D eigenvalue weighted by Gasteiger charge is -2.48. The van der Waals surface area contributed by atoms with Crippen molar-refractivity contribution < 1.29 is 23.8 Å². The van der Waals surface area contributed by atoms with Gasteiger partial charge in [-0.1, -0.05) is 66.7 Å². The Morgan fingerprint density at radius 1 is 0.618 bits per heavy atom. The number of carbonyl (C=O) groups is 2. The molecule has 10 heteroatoms. The van der Waals surface area contributed by atoms with Gasteiger partial charge in [-0.25, -0.2) is 0 Å². The summed E-state index contributed by atoms with van der Waals surface area (Å²) in [6.07, 6.45) is 10.1. The van der Waals surface area contributed by atoms with E-state index in [1.54, 1.807) is 6.20 Å². The van der Waals surface area contributed by atoms with Crippen molar-refractivity contribution in [3.8, 4) is 0 Å². The van der Waals surface area contributed by atoms with E-state index in [1.165, 1.54) is 11.1 Å². The molecule has 2 aromatic carbocycles. The summed E-state index contributed by atoms with van der Waals surface area (Å²) in [6, 6.07) is 27.1. The van der Waals surface area contributed by atoms with Crippen molar-refractivity contribution in [2.75, 3.05) is 91.9 Å². The number of benzene rings is 2. The fourth-order valence-electron chi connectivity index (χ4n) is 8.90. The van der Waals surface area contributed by atoms with Crippen LogP contribution in [0.1, 0.15) is 55.3 Å². The lowest BCUT2D eigenvalue weighted by Crippen LogP contribution is -2.59. The number of pyridine rings is 1. The van der Waals surface area contributed by atoms with Crippen LogP contribution in [0.4, 0.5) is 0 Å². The lowest BCUT2D eigenvalue weighted by atomic mass is 9.88. The van der Waals surface area contributed by atoms with E-state index in [0.29, 0.717) is 38.6 Å². The van der Waals surface area contributed by atoms with Gasteiger partial charge in [0.15, 0.2) is 0 Å². The minimum absolute atomic E-state index is 0.123. The van der Waals surface area contributed by atoms with Gasteiger partial charge in [-0.2, -0.15) is 0 Å². The number of aromatic nitrogens is 1. The molecule has 0 unspecified atom stereocenters. The molecule has 0 N–H and O–H groups in total. The molecule has 6 heterocycles. The number of amides is 2. The Morgan fingerprint density at radius 3 is 1.65 bits per heavy atom. The molecule has 0 radical (unpaired) electrons. The predicted octanol–water partition coefficient (Wildman–Crippen LogP) is 4.91. The quantitative estimate of drug-likeness (QED) is 0.305. The molecule has 0 aliphatic carbocycles. The minimum Gasteiger partial charge on any atom is -0.381 e. The van der Waals surface area contributed by atoms with Crippen LogP contribution in [0.25, 0.3) is 0 Å². The highest BCUT2D eigenvalue weighted by Gasteiger charge is 2.43. The Bertz CT molecular complexity index is 1610. The molecule has 5 aliphatic heterocycles. The monoisotopic (exact) mass is 751 g/mol. The van der Waals surface area contributed by atoms with E-state index in [0.717, 1.165) is 123 Å². The van der Waals surface area contributed by atoms with Gasteiger partial charge in [-0.05, 0) is 74.6 Å². The Hall–Kier alpha value is -3.67. The molecule has 0 bridgehead atoms. The third-order valence-corrected chi connectivity index (χ3v) is 12.4. The van der Waals surface area contributed by atoms with Gasteiger partial charge in [0, 0.05) is 96.5 Å². The molecule has 2 spiro atoms. The summed E-state index contributed by atoms with van der Waals surface area (Å²) in [4.78, 5) is 39.1. The molecule has 5 saturated heterocycles. The van der Waals surface area contributed by atoms with Gasteiger partial charge in [0.05, 0.1) is 30.8 Å². The highest BCUT2D eigenvalue weighted by molar-refractivity contribution is 5.79. The molecule has 1 aromatic heterocycles. The molecule has 0 saturated carbocycles. The lowest BCUT2D eigenvalue weighted by molar-refractivity contribution is -0.164. The van der Waals surface area contributed by atoms with Crippen LogP contribution in [0.3, 0.4) is 0 Å². The number of rotatable bonds is 9. The summed E-state index contributed by atoms with van der Waals surface area (Å²) in [6.45, 7) is 12.1. The van der Waals surface area contributed by atoms with Crippen LogP contribution in [0.15, 0.2) is 85.1 Å². The van der Waals surface area contributed by atoms with Crippen LogP contribution >= 0.6 is 0 Å². The van der Waals surface area contributed by atoms with Crippen LogP contribution in [-0.4, -0.2) is 139 Å². The summed E-state index contributed by atoms with van der Waals surface area (Å²) >= 11 is 0. The maximum atomic E-state index is 12.9. The molecule has 55 heavy (non-hydrogen) atoms. The molecular formula is C45H61N5O5. The number of hydrogen-bond donors (Lipinski definition) is 0. The van der Waals surface area contributed by atoms with Crippen molar-refractivity contribution in [3.05, 3.63) is 102 Å². The van der Waals surface area contributed by atoms with Gasteiger partial charge >= 0.3 is 0 Å². The van der Waals surface area contributed by atoms with Gasteiger partial charge < -0.3 is 33.8 Å². The summed E-state index contributed by atoms with van der Waals surface area (Å²) in [5.41, 5.74) is 3.34. The number of piperidine rings is 2. The molecule has 8 rings (SSSR count). The molecule has 2 amide bonds. The first-order chi connectivity index (χ1) is 27.0. The molecule has 296 valence electrons. The minimum atomic E-state index is -0.165. The third-order valence-electron chi connectivity index (χ3n) is 12.4. The number of likely N-dealkylation sites (tertiary alicyclic amines) is 2. The van der Waals surface area contributed by atoms with Gasteiger partial charge in [-0.15, -0.1) is 0 Å². The summed E-state index contributed by atoms with van der Waals surface area (Å²) in [5.74, 6) is 0.639. The highest BCUT2D eigenvalue weighted by Crippen LogP contribution is 2.32. The van der Waals surface area contributed by atoms with Crippen LogP contribution in [0.2, 0.25) is 0 Å². The first-order valence-corrected chi connectivity index (χ1v) is 20.8. The second-order valence-electron chi connectivity index (χ2n) is 16.2. The largest absolute Gasteiger partial charge is 0.381 e. The van der Waals surface area contributed by atoms with Crippen LogP contribution in [0.5, 0.6) is 0 Å². The van der Waals surface area contributed by atoms with Crippen molar-refractivity contribution in [2.45, 2.75) is 69.0 Å². The van der Waals surface area contributed by atoms with Crippen molar-refractivity contribution in [1.82, 2.24) is 24.6 Å². The maximum absolute atomic E-state index is 12.9. The van der Waals surface area contributed by atoms with E-state index in [4.69, 9.17) is 14.2 Å². The van der Waals surface area contributed by atoms with Crippen LogP contribution in [0, 0.1) is 5.92 Å². The van der Waals surface area contributed by atoms with Crippen molar-refractivity contribution >= 4 is 11.8 Å². The van der Waals surface area contributed by atoms with Gasteiger partial charge in [0.2, 0.25) is 11.8 Å². The van der Waals surface area contributed by atoms with Gasteiger partial charge in [-0.3, -0.25) is 14.6 Å². The summed E-state index contributed by atoms with van der Waals surface area (Å²) in [7, 11) is 0. The standard InChI is InChI=1S/C23H29N3O2.C22H32N2O3/c27-22(18-21-8-4-5-12-24-21)26-16-17-28-23(19-26)10-14-25(15-11-23)13-9-20-6-2-1-3-7-20;25-21(20-7-15-26-16-8-20)24-14-17-27-22(18-24)9-12-23(13-10-22)11-6-19-4-2-1-3-5-19/h1-8,12H,9-11,13-19H2;1-5,20H,6-18H2. The molecule has 0 atom stereocenters.